The molecule has 1 saturated heterocycles. The second kappa shape index (κ2) is 6.79. The zero-order valence-corrected chi connectivity index (χ0v) is 15.3. The number of hydrogen-bond donors (Lipinski definition) is 0. The van der Waals surface area contributed by atoms with Gasteiger partial charge in [0.05, 0.1) is 11.3 Å². The average molecular weight is 345 g/mol. The fraction of sp³-hybridized carbons (Fsp3) is 0.273. The third-order valence-corrected chi connectivity index (χ3v) is 5.09. The van der Waals surface area contributed by atoms with Gasteiger partial charge in [-0.05, 0) is 37.0 Å². The summed E-state index contributed by atoms with van der Waals surface area (Å²) in [5, 5.41) is 4.80. The van der Waals surface area contributed by atoms with Gasteiger partial charge in [0.15, 0.2) is 0 Å². The molecule has 2 aromatic carbocycles. The van der Waals surface area contributed by atoms with Gasteiger partial charge in [-0.25, -0.2) is 4.68 Å². The highest BCUT2D eigenvalue weighted by atomic mass is 16.2. The molecule has 3 aromatic rings. The molecule has 1 aliphatic heterocycles. The summed E-state index contributed by atoms with van der Waals surface area (Å²) in [6, 6.07) is 16.5. The van der Waals surface area contributed by atoms with Crippen LogP contribution in [-0.2, 0) is 6.42 Å². The van der Waals surface area contributed by atoms with Crippen molar-refractivity contribution in [2.45, 2.75) is 26.7 Å². The third kappa shape index (κ3) is 2.92. The molecule has 0 unspecified atom stereocenters. The molecular weight excluding hydrogens is 322 g/mol. The van der Waals surface area contributed by atoms with Gasteiger partial charge in [-0.15, -0.1) is 0 Å². The Kier molecular flexibility index (Phi) is 4.33. The molecule has 0 spiro atoms. The van der Waals surface area contributed by atoms with Crippen molar-refractivity contribution < 1.29 is 4.79 Å². The molecule has 0 saturated carbocycles. The van der Waals surface area contributed by atoms with Crippen LogP contribution in [0.5, 0.6) is 0 Å². The largest absolute Gasteiger partial charge is 0.338 e. The van der Waals surface area contributed by atoms with Gasteiger partial charge in [-0.2, -0.15) is 5.10 Å². The van der Waals surface area contributed by atoms with E-state index in [9.17, 15) is 4.79 Å². The Bertz CT molecular complexity index is 936. The van der Waals surface area contributed by atoms with E-state index in [1.54, 1.807) is 0 Å². The summed E-state index contributed by atoms with van der Waals surface area (Å²) in [6.07, 6.45) is 3.96. The normalized spacial score (nSPS) is 13.5. The number of aromatic nitrogens is 2. The van der Waals surface area contributed by atoms with Crippen molar-refractivity contribution in [2.24, 2.45) is 0 Å². The minimum Gasteiger partial charge on any atom is -0.338 e. The van der Waals surface area contributed by atoms with Gasteiger partial charge < -0.3 is 4.90 Å². The fourth-order valence-electron chi connectivity index (χ4n) is 3.28. The van der Waals surface area contributed by atoms with Crippen LogP contribution >= 0.6 is 0 Å². The highest BCUT2D eigenvalue weighted by Crippen LogP contribution is 2.27. The smallest absolute Gasteiger partial charge is 0.257 e. The lowest BCUT2D eigenvalue weighted by atomic mass is 10.0. The van der Waals surface area contributed by atoms with Crippen molar-refractivity contribution >= 4 is 5.91 Å². The Morgan fingerprint density at radius 2 is 1.81 bits per heavy atom. The van der Waals surface area contributed by atoms with E-state index in [4.69, 9.17) is 5.10 Å². The van der Waals surface area contributed by atoms with E-state index < -0.39 is 0 Å². The second-order valence-electron chi connectivity index (χ2n) is 6.82. The quantitative estimate of drug-likeness (QED) is 0.709. The standard InChI is InChI=1S/C22H23N3O/c1-3-17-9-11-18(12-10-17)21-19(22(26)24-13-6-14-24)15-25(23-21)20-8-5-4-7-16(20)2/h4-5,7-12,15H,3,6,13-14H2,1-2H3. The van der Waals surface area contributed by atoms with Crippen LogP contribution in [0.2, 0.25) is 0 Å². The van der Waals surface area contributed by atoms with Crippen LogP contribution in [-0.4, -0.2) is 33.7 Å². The van der Waals surface area contributed by atoms with Gasteiger partial charge in [0.1, 0.15) is 5.69 Å². The number of carbonyl (C=O) groups is 1. The Hall–Kier alpha value is -2.88. The summed E-state index contributed by atoms with van der Waals surface area (Å²) in [5.41, 5.74) is 5.83. The first-order valence-electron chi connectivity index (χ1n) is 9.21. The number of likely N-dealkylation sites (tertiary alicyclic amines) is 1. The van der Waals surface area contributed by atoms with Crippen LogP contribution in [0.15, 0.2) is 54.7 Å². The number of rotatable bonds is 4. The summed E-state index contributed by atoms with van der Waals surface area (Å²) < 4.78 is 1.84. The average Bonchev–Trinajstić information content (AvgIpc) is 3.06. The molecule has 0 N–H and O–H groups in total. The van der Waals surface area contributed by atoms with E-state index in [0.717, 1.165) is 48.4 Å². The highest BCUT2D eigenvalue weighted by Gasteiger charge is 2.27. The van der Waals surface area contributed by atoms with Crippen LogP contribution in [0.3, 0.4) is 0 Å². The molecule has 1 aliphatic rings. The van der Waals surface area contributed by atoms with Gasteiger partial charge in [-0.3, -0.25) is 4.79 Å². The molecule has 1 amide bonds. The minimum absolute atomic E-state index is 0.0747. The number of amides is 1. The summed E-state index contributed by atoms with van der Waals surface area (Å²) in [7, 11) is 0. The lowest BCUT2D eigenvalue weighted by Gasteiger charge is -2.30. The maximum absolute atomic E-state index is 12.9. The van der Waals surface area contributed by atoms with Crippen LogP contribution in [0, 0.1) is 6.92 Å². The number of nitrogens with zero attached hydrogens (tertiary/aromatic N) is 3. The van der Waals surface area contributed by atoms with Gasteiger partial charge in [0.25, 0.3) is 5.91 Å². The molecule has 4 nitrogen and oxygen atoms in total. The predicted octanol–water partition coefficient (Wildman–Crippen LogP) is 4.26. The molecule has 1 fully saturated rings. The third-order valence-electron chi connectivity index (χ3n) is 5.09. The first kappa shape index (κ1) is 16.6. The van der Waals surface area contributed by atoms with Crippen LogP contribution in [0.1, 0.15) is 34.8 Å². The summed E-state index contributed by atoms with van der Waals surface area (Å²) >= 11 is 0. The maximum Gasteiger partial charge on any atom is 0.257 e. The van der Waals surface area contributed by atoms with Gasteiger partial charge in [0, 0.05) is 24.8 Å². The molecule has 1 aromatic heterocycles. The lowest BCUT2D eigenvalue weighted by molar-refractivity contribution is 0.0652. The molecule has 2 heterocycles. The molecule has 0 aliphatic carbocycles. The Morgan fingerprint density at radius 3 is 2.42 bits per heavy atom. The van der Waals surface area contributed by atoms with Crippen molar-refractivity contribution in [3.8, 4) is 16.9 Å². The lowest BCUT2D eigenvalue weighted by Crippen LogP contribution is -2.42. The second-order valence-corrected chi connectivity index (χ2v) is 6.82. The number of carbonyl (C=O) groups excluding carboxylic acids is 1. The first-order chi connectivity index (χ1) is 12.7. The van der Waals surface area contributed by atoms with Crippen molar-refractivity contribution in [2.75, 3.05) is 13.1 Å². The molecule has 0 radical (unpaired) electrons. The van der Waals surface area contributed by atoms with E-state index in [1.807, 2.05) is 34.0 Å². The molecule has 0 atom stereocenters. The number of aryl methyl sites for hydroxylation is 2. The van der Waals surface area contributed by atoms with E-state index in [2.05, 4.69) is 44.2 Å². The summed E-state index contributed by atoms with van der Waals surface area (Å²) in [4.78, 5) is 14.8. The number of benzene rings is 2. The molecule has 132 valence electrons. The van der Waals surface area contributed by atoms with Gasteiger partial charge in [0.2, 0.25) is 0 Å². The van der Waals surface area contributed by atoms with E-state index in [1.165, 1.54) is 5.56 Å². The minimum atomic E-state index is 0.0747. The molecule has 4 heteroatoms. The van der Waals surface area contributed by atoms with Crippen molar-refractivity contribution in [1.29, 1.82) is 0 Å². The number of para-hydroxylation sites is 1. The van der Waals surface area contributed by atoms with Gasteiger partial charge >= 0.3 is 0 Å². The maximum atomic E-state index is 12.9. The first-order valence-corrected chi connectivity index (χ1v) is 9.21. The van der Waals surface area contributed by atoms with Crippen molar-refractivity contribution in [1.82, 2.24) is 14.7 Å². The highest BCUT2D eigenvalue weighted by molar-refractivity contribution is 6.00. The van der Waals surface area contributed by atoms with E-state index in [0.29, 0.717) is 5.56 Å². The zero-order valence-electron chi connectivity index (χ0n) is 15.3. The van der Waals surface area contributed by atoms with Crippen molar-refractivity contribution in [3.63, 3.8) is 0 Å². The van der Waals surface area contributed by atoms with Crippen molar-refractivity contribution in [3.05, 3.63) is 71.4 Å². The number of hydrogen-bond acceptors (Lipinski definition) is 2. The van der Waals surface area contributed by atoms with Crippen LogP contribution < -0.4 is 0 Å². The Balaban J connectivity index is 1.82. The predicted molar refractivity (Wildman–Crippen MR) is 104 cm³/mol. The van der Waals surface area contributed by atoms with Crippen LogP contribution in [0.25, 0.3) is 16.9 Å². The summed E-state index contributed by atoms with van der Waals surface area (Å²) in [6.45, 7) is 5.87. The molecular formula is C22H23N3O. The topological polar surface area (TPSA) is 38.1 Å². The summed E-state index contributed by atoms with van der Waals surface area (Å²) in [5.74, 6) is 0.0747. The monoisotopic (exact) mass is 345 g/mol. The van der Waals surface area contributed by atoms with Gasteiger partial charge in [-0.1, -0.05) is 49.4 Å². The van der Waals surface area contributed by atoms with Crippen LogP contribution in [0.4, 0.5) is 0 Å². The SMILES string of the molecule is CCc1ccc(-c2nn(-c3ccccc3C)cc2C(=O)N2CCC2)cc1. The van der Waals surface area contributed by atoms with E-state index >= 15 is 0 Å². The molecule has 0 bridgehead atoms. The fourth-order valence-corrected chi connectivity index (χ4v) is 3.28. The zero-order chi connectivity index (χ0) is 18.1. The van der Waals surface area contributed by atoms with E-state index in [-0.39, 0.29) is 5.91 Å². The Morgan fingerprint density at radius 1 is 1.08 bits per heavy atom. The molecule has 4 rings (SSSR count). The Labute approximate surface area is 154 Å². The molecule has 26 heavy (non-hydrogen) atoms.